The molecule has 0 radical (unpaired) electrons. The molecule has 5 heterocycles. The molecule has 0 spiro atoms. The number of hydrogen-bond acceptors (Lipinski definition) is 7. The SMILES string of the molecule is CCC1(C(=O)Nc2ccccc2)CCN(c2ccc(-c3nc(-c4cnn(C(C)C)c4)cn4ncc(C#N)c34)cn2)CC1. The van der Waals surface area contributed by atoms with E-state index in [0.29, 0.717) is 22.5 Å². The average Bonchev–Trinajstić information content (AvgIpc) is 3.69. The van der Waals surface area contributed by atoms with Gasteiger partial charge in [0.2, 0.25) is 5.91 Å². The molecule has 1 saturated heterocycles. The summed E-state index contributed by atoms with van der Waals surface area (Å²) in [6, 6.07) is 16.1. The highest BCUT2D eigenvalue weighted by Crippen LogP contribution is 2.38. The van der Waals surface area contributed by atoms with Crippen molar-refractivity contribution in [3.05, 3.63) is 79.0 Å². The van der Waals surface area contributed by atoms with Gasteiger partial charge in [-0.2, -0.15) is 15.5 Å². The molecule has 5 aromatic rings. The summed E-state index contributed by atoms with van der Waals surface area (Å²) in [5.41, 5.74) is 4.53. The number of anilines is 2. The molecule has 0 unspecified atom stereocenters. The number of carbonyl (C=O) groups is 1. The van der Waals surface area contributed by atoms with Crippen LogP contribution in [0.4, 0.5) is 11.5 Å². The normalized spacial score (nSPS) is 14.7. The van der Waals surface area contributed by atoms with Crippen LogP contribution in [0.25, 0.3) is 28.0 Å². The number of carbonyl (C=O) groups excluding carboxylic acids is 1. The van der Waals surface area contributed by atoms with Crippen LogP contribution in [0.1, 0.15) is 51.6 Å². The summed E-state index contributed by atoms with van der Waals surface area (Å²) in [4.78, 5) is 25.3. The topological polar surface area (TPSA) is 117 Å². The number of fused-ring (bicyclic) bond motifs is 1. The molecule has 0 saturated carbocycles. The van der Waals surface area contributed by atoms with E-state index in [1.165, 1.54) is 0 Å². The summed E-state index contributed by atoms with van der Waals surface area (Å²) >= 11 is 0. The van der Waals surface area contributed by atoms with Gasteiger partial charge >= 0.3 is 0 Å². The zero-order valence-corrected chi connectivity index (χ0v) is 24.0. The molecule has 0 bridgehead atoms. The first-order chi connectivity index (χ1) is 20.4. The smallest absolute Gasteiger partial charge is 0.230 e. The monoisotopic (exact) mass is 559 g/mol. The van der Waals surface area contributed by atoms with Crippen LogP contribution in [-0.2, 0) is 4.79 Å². The number of nitrogens with one attached hydrogen (secondary N) is 1. The van der Waals surface area contributed by atoms with Gasteiger partial charge in [0.25, 0.3) is 0 Å². The third-order valence-corrected chi connectivity index (χ3v) is 8.30. The van der Waals surface area contributed by atoms with Crippen LogP contribution >= 0.6 is 0 Å². The van der Waals surface area contributed by atoms with Crippen LogP contribution in [0.3, 0.4) is 0 Å². The first-order valence-corrected chi connectivity index (χ1v) is 14.3. The fraction of sp³-hybridized carbons (Fsp3) is 0.312. The van der Waals surface area contributed by atoms with E-state index in [1.54, 1.807) is 23.1 Å². The van der Waals surface area contributed by atoms with Gasteiger partial charge in [0.05, 0.1) is 35.4 Å². The van der Waals surface area contributed by atoms with Gasteiger partial charge in [-0.25, -0.2) is 14.5 Å². The standard InChI is InChI=1S/C32H33N9O/c1-4-32(31(42)37-26-8-6-5-7-9-26)12-14-39(15-13-32)28-11-10-23(17-34-28)29-30-24(16-33)18-36-41(30)21-27(38-29)25-19-35-40(20-25)22(2)3/h5-11,17-22H,4,12-15H2,1-3H3,(H,37,42). The number of pyridine rings is 1. The number of nitrogens with zero attached hydrogens (tertiary/aromatic N) is 8. The predicted octanol–water partition coefficient (Wildman–Crippen LogP) is 5.74. The van der Waals surface area contributed by atoms with E-state index in [2.05, 4.69) is 47.3 Å². The molecule has 42 heavy (non-hydrogen) atoms. The lowest BCUT2D eigenvalue weighted by atomic mass is 9.75. The number of nitriles is 1. The molecule has 10 heteroatoms. The van der Waals surface area contributed by atoms with Crippen molar-refractivity contribution in [2.45, 2.75) is 46.1 Å². The number of para-hydroxylation sites is 1. The number of benzene rings is 1. The molecule has 1 aromatic carbocycles. The highest BCUT2D eigenvalue weighted by atomic mass is 16.2. The Bertz CT molecular complexity index is 1760. The second kappa shape index (κ2) is 11.1. The molecule has 1 N–H and O–H groups in total. The van der Waals surface area contributed by atoms with Crippen LogP contribution in [0.2, 0.25) is 0 Å². The van der Waals surface area contributed by atoms with Crippen molar-refractivity contribution in [2.24, 2.45) is 5.41 Å². The Hall–Kier alpha value is -5.04. The van der Waals surface area contributed by atoms with E-state index in [9.17, 15) is 10.1 Å². The van der Waals surface area contributed by atoms with Gasteiger partial charge in [0.15, 0.2) is 0 Å². The van der Waals surface area contributed by atoms with Crippen molar-refractivity contribution in [3.8, 4) is 28.6 Å². The van der Waals surface area contributed by atoms with Crippen LogP contribution in [0, 0.1) is 16.7 Å². The number of aromatic nitrogens is 6. The Labute approximate surface area is 244 Å². The third-order valence-electron chi connectivity index (χ3n) is 8.30. The van der Waals surface area contributed by atoms with E-state index in [0.717, 1.165) is 55.0 Å². The second-order valence-electron chi connectivity index (χ2n) is 11.1. The van der Waals surface area contributed by atoms with Crippen LogP contribution < -0.4 is 10.2 Å². The first-order valence-electron chi connectivity index (χ1n) is 14.3. The summed E-state index contributed by atoms with van der Waals surface area (Å²) in [7, 11) is 0. The minimum Gasteiger partial charge on any atom is -0.357 e. The summed E-state index contributed by atoms with van der Waals surface area (Å²) in [5.74, 6) is 0.938. The van der Waals surface area contributed by atoms with Gasteiger partial charge in [-0.1, -0.05) is 25.1 Å². The number of rotatable bonds is 7. The van der Waals surface area contributed by atoms with Crippen molar-refractivity contribution in [1.82, 2.24) is 29.4 Å². The minimum atomic E-state index is -0.401. The lowest BCUT2D eigenvalue weighted by Gasteiger charge is -2.40. The molecule has 0 atom stereocenters. The van der Waals surface area contributed by atoms with Crippen molar-refractivity contribution in [1.29, 1.82) is 5.26 Å². The molecule has 1 fully saturated rings. The van der Waals surface area contributed by atoms with E-state index in [-0.39, 0.29) is 11.9 Å². The summed E-state index contributed by atoms with van der Waals surface area (Å²) in [6.45, 7) is 7.71. The zero-order valence-electron chi connectivity index (χ0n) is 24.0. The molecule has 1 aliphatic heterocycles. The number of amides is 1. The summed E-state index contributed by atoms with van der Waals surface area (Å²) in [6.07, 6.45) is 11.2. The van der Waals surface area contributed by atoms with Crippen molar-refractivity contribution in [2.75, 3.05) is 23.3 Å². The van der Waals surface area contributed by atoms with Crippen LogP contribution in [-0.4, -0.2) is 48.4 Å². The van der Waals surface area contributed by atoms with E-state index in [4.69, 9.17) is 9.97 Å². The Balaban J connectivity index is 1.24. The Kier molecular flexibility index (Phi) is 7.17. The van der Waals surface area contributed by atoms with Crippen molar-refractivity contribution >= 4 is 22.9 Å². The molecular weight excluding hydrogens is 526 g/mol. The van der Waals surface area contributed by atoms with Crippen LogP contribution in [0.5, 0.6) is 0 Å². The molecule has 6 rings (SSSR count). The maximum absolute atomic E-state index is 13.3. The summed E-state index contributed by atoms with van der Waals surface area (Å²) < 4.78 is 3.59. The highest BCUT2D eigenvalue weighted by Gasteiger charge is 2.40. The van der Waals surface area contributed by atoms with Gasteiger partial charge in [0.1, 0.15) is 23.0 Å². The van der Waals surface area contributed by atoms with Crippen LogP contribution in [0.15, 0.2) is 73.4 Å². The average molecular weight is 560 g/mol. The largest absolute Gasteiger partial charge is 0.357 e. The van der Waals surface area contributed by atoms with Gasteiger partial charge < -0.3 is 10.2 Å². The lowest BCUT2D eigenvalue weighted by Crippen LogP contribution is -2.46. The van der Waals surface area contributed by atoms with Gasteiger partial charge in [0, 0.05) is 48.3 Å². The zero-order chi connectivity index (χ0) is 29.3. The Morgan fingerprint density at radius 1 is 1.02 bits per heavy atom. The first kappa shape index (κ1) is 27.1. The summed E-state index contributed by atoms with van der Waals surface area (Å²) in [5, 5.41) is 21.7. The van der Waals surface area contributed by atoms with Gasteiger partial charge in [-0.05, 0) is 57.4 Å². The predicted molar refractivity (Wildman–Crippen MR) is 162 cm³/mol. The fourth-order valence-corrected chi connectivity index (χ4v) is 5.59. The van der Waals surface area contributed by atoms with E-state index in [1.807, 2.05) is 59.5 Å². The van der Waals surface area contributed by atoms with Gasteiger partial charge in [-0.15, -0.1) is 0 Å². The Morgan fingerprint density at radius 3 is 2.45 bits per heavy atom. The molecule has 4 aromatic heterocycles. The maximum Gasteiger partial charge on any atom is 0.230 e. The lowest BCUT2D eigenvalue weighted by molar-refractivity contribution is -0.127. The second-order valence-corrected chi connectivity index (χ2v) is 11.1. The highest BCUT2D eigenvalue weighted by molar-refractivity contribution is 5.95. The minimum absolute atomic E-state index is 0.0853. The molecule has 1 amide bonds. The van der Waals surface area contributed by atoms with Crippen molar-refractivity contribution < 1.29 is 4.79 Å². The number of hydrogen-bond donors (Lipinski definition) is 1. The third kappa shape index (κ3) is 4.98. The molecule has 1 aliphatic rings. The molecule has 10 nitrogen and oxygen atoms in total. The Morgan fingerprint density at radius 2 is 1.81 bits per heavy atom. The maximum atomic E-state index is 13.3. The molecule has 212 valence electrons. The quantitative estimate of drug-likeness (QED) is 0.270. The van der Waals surface area contributed by atoms with E-state index < -0.39 is 5.41 Å². The number of piperidine rings is 1. The van der Waals surface area contributed by atoms with E-state index >= 15 is 0 Å². The molecule has 0 aliphatic carbocycles. The van der Waals surface area contributed by atoms with Crippen molar-refractivity contribution in [3.63, 3.8) is 0 Å². The van der Waals surface area contributed by atoms with Gasteiger partial charge in [-0.3, -0.25) is 9.48 Å². The molecular formula is C32H33N9O. The fourth-order valence-electron chi connectivity index (χ4n) is 5.59.